The van der Waals surface area contributed by atoms with Crippen LogP contribution in [-0.4, -0.2) is 11.8 Å². The van der Waals surface area contributed by atoms with Crippen LogP contribution in [0.4, 0.5) is 0 Å². The van der Waals surface area contributed by atoms with Crippen molar-refractivity contribution in [1.29, 1.82) is 0 Å². The zero-order valence-electron chi connectivity index (χ0n) is 7.42. The van der Waals surface area contributed by atoms with Crippen LogP contribution in [0.5, 0.6) is 0 Å². The summed E-state index contributed by atoms with van der Waals surface area (Å²) in [5.41, 5.74) is 0. The van der Waals surface area contributed by atoms with Gasteiger partial charge in [-0.25, -0.2) is 0 Å². The van der Waals surface area contributed by atoms with Crippen LogP contribution in [-0.2, 0) is 0 Å². The maximum atomic E-state index is 5.41. The van der Waals surface area contributed by atoms with E-state index in [-0.39, 0.29) is 0 Å². The van der Waals surface area contributed by atoms with E-state index >= 15 is 0 Å². The minimum Gasteiger partial charge on any atom is -0.466 e. The van der Waals surface area contributed by atoms with Crippen molar-refractivity contribution in [2.75, 3.05) is 5.75 Å². The van der Waals surface area contributed by atoms with Crippen LogP contribution in [0.3, 0.4) is 0 Å². The monoisotopic (exact) mass is 261 g/mol. The molecule has 1 aliphatic rings. The molecule has 0 amide bonds. The number of nitrogens with one attached hydrogen (secondary N) is 1. The van der Waals surface area contributed by atoms with E-state index in [1.54, 1.807) is 6.26 Å². The molecule has 13 heavy (non-hydrogen) atoms. The summed E-state index contributed by atoms with van der Waals surface area (Å²) in [7, 11) is 0. The summed E-state index contributed by atoms with van der Waals surface area (Å²) < 4.78 is 6.47. The van der Waals surface area contributed by atoms with Crippen LogP contribution < -0.4 is 5.32 Å². The van der Waals surface area contributed by atoms with E-state index in [2.05, 4.69) is 28.2 Å². The highest BCUT2D eigenvalue weighted by molar-refractivity contribution is 9.10. The molecule has 0 radical (unpaired) electrons. The zero-order chi connectivity index (χ0) is 9.26. The van der Waals surface area contributed by atoms with Gasteiger partial charge >= 0.3 is 0 Å². The standard InChI is InChI=1S/C9H12BrNOS/c1-2-6-5-13-9(11-6)8-7(10)3-4-12-8/h3-4,6,9,11H,2,5H2,1H3. The summed E-state index contributed by atoms with van der Waals surface area (Å²) in [5.74, 6) is 2.19. The van der Waals surface area contributed by atoms with Gasteiger partial charge in [0.15, 0.2) is 0 Å². The number of halogens is 1. The van der Waals surface area contributed by atoms with Gasteiger partial charge in [-0.3, -0.25) is 5.32 Å². The Morgan fingerprint density at radius 1 is 1.77 bits per heavy atom. The maximum absolute atomic E-state index is 5.41. The average molecular weight is 262 g/mol. The van der Waals surface area contributed by atoms with E-state index in [9.17, 15) is 0 Å². The molecule has 1 aromatic rings. The van der Waals surface area contributed by atoms with Crippen molar-refractivity contribution in [3.8, 4) is 0 Å². The second kappa shape index (κ2) is 4.07. The van der Waals surface area contributed by atoms with Crippen LogP contribution in [0.15, 0.2) is 21.2 Å². The number of furan rings is 1. The Morgan fingerprint density at radius 2 is 2.62 bits per heavy atom. The van der Waals surface area contributed by atoms with E-state index in [0.717, 1.165) is 10.2 Å². The largest absolute Gasteiger partial charge is 0.466 e. The van der Waals surface area contributed by atoms with Crippen molar-refractivity contribution < 1.29 is 4.42 Å². The molecule has 0 aromatic carbocycles. The van der Waals surface area contributed by atoms with Crippen LogP contribution in [0.2, 0.25) is 0 Å². The average Bonchev–Trinajstić information content (AvgIpc) is 2.71. The smallest absolute Gasteiger partial charge is 0.145 e. The fourth-order valence-electron chi connectivity index (χ4n) is 1.40. The van der Waals surface area contributed by atoms with E-state index in [1.807, 2.05) is 17.8 Å². The fourth-order valence-corrected chi connectivity index (χ4v) is 3.36. The van der Waals surface area contributed by atoms with Crippen molar-refractivity contribution >= 4 is 27.7 Å². The Hall–Kier alpha value is 0.0700. The highest BCUT2D eigenvalue weighted by Gasteiger charge is 2.27. The third kappa shape index (κ3) is 1.95. The molecule has 2 atom stereocenters. The second-order valence-corrected chi connectivity index (χ2v) is 5.11. The first-order chi connectivity index (χ1) is 6.31. The van der Waals surface area contributed by atoms with E-state index < -0.39 is 0 Å². The Morgan fingerprint density at radius 3 is 3.15 bits per heavy atom. The molecule has 2 unspecified atom stereocenters. The summed E-state index contributed by atoms with van der Waals surface area (Å²) in [6.07, 6.45) is 2.91. The van der Waals surface area contributed by atoms with E-state index in [4.69, 9.17) is 4.42 Å². The molecule has 1 aliphatic heterocycles. The molecular formula is C9H12BrNOS. The van der Waals surface area contributed by atoms with Gasteiger partial charge in [-0.05, 0) is 28.4 Å². The van der Waals surface area contributed by atoms with Gasteiger partial charge in [0.1, 0.15) is 11.1 Å². The molecule has 4 heteroatoms. The number of rotatable bonds is 2. The Labute approximate surface area is 90.6 Å². The molecule has 2 heterocycles. The molecule has 0 aliphatic carbocycles. The third-order valence-corrected chi connectivity index (χ3v) is 4.16. The second-order valence-electron chi connectivity index (χ2n) is 3.12. The fraction of sp³-hybridized carbons (Fsp3) is 0.556. The first-order valence-electron chi connectivity index (χ1n) is 4.41. The minimum absolute atomic E-state index is 0.328. The minimum atomic E-state index is 0.328. The van der Waals surface area contributed by atoms with E-state index in [0.29, 0.717) is 11.4 Å². The summed E-state index contributed by atoms with van der Waals surface area (Å²) in [4.78, 5) is 0. The zero-order valence-corrected chi connectivity index (χ0v) is 9.82. The van der Waals surface area contributed by atoms with Gasteiger partial charge in [-0.15, -0.1) is 11.8 Å². The Kier molecular flexibility index (Phi) is 3.01. The molecule has 1 N–H and O–H groups in total. The van der Waals surface area contributed by atoms with Gasteiger partial charge < -0.3 is 4.42 Å². The Bertz CT molecular complexity index is 289. The lowest BCUT2D eigenvalue weighted by Crippen LogP contribution is -2.24. The third-order valence-electron chi connectivity index (χ3n) is 2.23. The molecule has 0 saturated carbocycles. The first kappa shape index (κ1) is 9.62. The molecule has 1 aromatic heterocycles. The van der Waals surface area contributed by atoms with Crippen LogP contribution in [0.1, 0.15) is 24.5 Å². The molecule has 1 fully saturated rings. The predicted octanol–water partition coefficient (Wildman–Crippen LogP) is 3.16. The lowest BCUT2D eigenvalue weighted by atomic mass is 10.2. The molecule has 0 spiro atoms. The van der Waals surface area contributed by atoms with Crippen molar-refractivity contribution in [2.24, 2.45) is 0 Å². The number of hydrogen-bond acceptors (Lipinski definition) is 3. The lowest BCUT2D eigenvalue weighted by Gasteiger charge is -2.09. The number of hydrogen-bond donors (Lipinski definition) is 1. The van der Waals surface area contributed by atoms with Crippen molar-refractivity contribution in [1.82, 2.24) is 5.32 Å². The van der Waals surface area contributed by atoms with Gasteiger partial charge in [0.2, 0.25) is 0 Å². The normalized spacial score (nSPS) is 28.2. The summed E-state index contributed by atoms with van der Waals surface area (Å²) in [6.45, 7) is 2.21. The maximum Gasteiger partial charge on any atom is 0.145 e. The molecule has 2 rings (SSSR count). The highest BCUT2D eigenvalue weighted by Crippen LogP contribution is 2.37. The quantitative estimate of drug-likeness (QED) is 0.886. The van der Waals surface area contributed by atoms with Gasteiger partial charge in [-0.1, -0.05) is 6.92 Å². The Balaban J connectivity index is 2.08. The molecule has 0 bridgehead atoms. The van der Waals surface area contributed by atoms with Crippen LogP contribution >= 0.6 is 27.7 Å². The molecule has 2 nitrogen and oxygen atoms in total. The summed E-state index contributed by atoms with van der Waals surface area (Å²) in [6, 6.07) is 2.57. The van der Waals surface area contributed by atoms with Gasteiger partial charge in [-0.2, -0.15) is 0 Å². The van der Waals surface area contributed by atoms with Crippen molar-refractivity contribution in [3.63, 3.8) is 0 Å². The topological polar surface area (TPSA) is 25.2 Å². The SMILES string of the molecule is CCC1CSC(c2occc2Br)N1. The van der Waals surface area contributed by atoms with Crippen LogP contribution in [0, 0.1) is 0 Å². The lowest BCUT2D eigenvalue weighted by molar-refractivity contribution is 0.458. The summed E-state index contributed by atoms with van der Waals surface area (Å²) >= 11 is 5.38. The molecule has 72 valence electrons. The highest BCUT2D eigenvalue weighted by atomic mass is 79.9. The molecular weight excluding hydrogens is 250 g/mol. The first-order valence-corrected chi connectivity index (χ1v) is 6.26. The summed E-state index contributed by atoms with van der Waals surface area (Å²) in [5, 5.41) is 3.85. The van der Waals surface area contributed by atoms with Gasteiger partial charge in [0, 0.05) is 11.8 Å². The van der Waals surface area contributed by atoms with E-state index in [1.165, 1.54) is 12.2 Å². The number of thioether (sulfide) groups is 1. The molecule has 1 saturated heterocycles. The predicted molar refractivity (Wildman–Crippen MR) is 58.8 cm³/mol. The van der Waals surface area contributed by atoms with Crippen molar-refractivity contribution in [3.05, 3.63) is 22.6 Å². The van der Waals surface area contributed by atoms with Crippen molar-refractivity contribution in [2.45, 2.75) is 24.8 Å². The van der Waals surface area contributed by atoms with Gasteiger partial charge in [0.05, 0.1) is 10.7 Å². The van der Waals surface area contributed by atoms with Crippen LogP contribution in [0.25, 0.3) is 0 Å². The van der Waals surface area contributed by atoms with Gasteiger partial charge in [0.25, 0.3) is 0 Å².